The number of hydrogen-bond donors (Lipinski definition) is 3. The standard InChI is InChI=1S/C13H11FN4O3/c14-9-5-11(7-12(6-9)18(20)21)16-13(19)8-1-3-10(17-15)4-2-8/h1-7,17H,15H2,(H,16,19). The molecule has 2 rings (SSSR count). The number of non-ortho nitro benzene ring substituents is 1. The molecule has 0 saturated heterocycles. The van der Waals surface area contributed by atoms with Crippen LogP contribution in [0.15, 0.2) is 42.5 Å². The van der Waals surface area contributed by atoms with Crippen LogP contribution in [0.3, 0.4) is 0 Å². The summed E-state index contributed by atoms with van der Waals surface area (Å²) >= 11 is 0. The van der Waals surface area contributed by atoms with Gasteiger partial charge in [0.2, 0.25) is 0 Å². The smallest absolute Gasteiger partial charge is 0.274 e. The molecule has 0 radical (unpaired) electrons. The Morgan fingerprint density at radius 2 is 1.81 bits per heavy atom. The third-order valence-electron chi connectivity index (χ3n) is 2.66. The van der Waals surface area contributed by atoms with Crippen molar-refractivity contribution < 1.29 is 14.1 Å². The number of nitrogens with zero attached hydrogens (tertiary/aromatic N) is 1. The van der Waals surface area contributed by atoms with Gasteiger partial charge in [-0.15, -0.1) is 0 Å². The SMILES string of the molecule is NNc1ccc(C(=O)Nc2cc(F)cc([N+](=O)[O-])c2)cc1. The number of benzene rings is 2. The average molecular weight is 290 g/mol. The van der Waals surface area contributed by atoms with Gasteiger partial charge in [-0.05, 0) is 30.3 Å². The van der Waals surface area contributed by atoms with Gasteiger partial charge in [0.05, 0.1) is 16.7 Å². The summed E-state index contributed by atoms with van der Waals surface area (Å²) in [6.45, 7) is 0. The molecule has 0 saturated carbocycles. The molecule has 0 aliphatic rings. The van der Waals surface area contributed by atoms with E-state index in [0.717, 1.165) is 18.2 Å². The summed E-state index contributed by atoms with van der Waals surface area (Å²) in [6.07, 6.45) is 0. The molecule has 0 aliphatic carbocycles. The summed E-state index contributed by atoms with van der Waals surface area (Å²) < 4.78 is 13.3. The minimum atomic E-state index is -0.804. The van der Waals surface area contributed by atoms with Crippen LogP contribution in [-0.2, 0) is 0 Å². The summed E-state index contributed by atoms with van der Waals surface area (Å²) in [5, 5.41) is 13.0. The second-order valence-electron chi connectivity index (χ2n) is 4.13. The molecule has 108 valence electrons. The van der Waals surface area contributed by atoms with Gasteiger partial charge in [-0.1, -0.05) is 0 Å². The average Bonchev–Trinajstić information content (AvgIpc) is 2.46. The molecule has 21 heavy (non-hydrogen) atoms. The van der Waals surface area contributed by atoms with Crippen molar-refractivity contribution in [1.82, 2.24) is 0 Å². The lowest BCUT2D eigenvalue weighted by Gasteiger charge is -2.06. The number of nitrogens with one attached hydrogen (secondary N) is 2. The summed E-state index contributed by atoms with van der Waals surface area (Å²) in [7, 11) is 0. The highest BCUT2D eigenvalue weighted by Gasteiger charge is 2.12. The lowest BCUT2D eigenvalue weighted by molar-refractivity contribution is -0.385. The van der Waals surface area contributed by atoms with Crippen LogP contribution in [-0.4, -0.2) is 10.8 Å². The lowest BCUT2D eigenvalue weighted by Crippen LogP contribution is -2.13. The normalized spacial score (nSPS) is 10.0. The number of rotatable bonds is 4. The first-order chi connectivity index (χ1) is 9.99. The van der Waals surface area contributed by atoms with Crippen LogP contribution in [0.4, 0.5) is 21.5 Å². The van der Waals surface area contributed by atoms with E-state index in [0.29, 0.717) is 11.3 Å². The van der Waals surface area contributed by atoms with Crippen LogP contribution >= 0.6 is 0 Å². The van der Waals surface area contributed by atoms with Gasteiger partial charge < -0.3 is 10.7 Å². The van der Waals surface area contributed by atoms with Crippen molar-refractivity contribution in [2.45, 2.75) is 0 Å². The second kappa shape index (κ2) is 5.97. The number of hydrazine groups is 1. The van der Waals surface area contributed by atoms with Crippen molar-refractivity contribution in [3.05, 3.63) is 64.0 Å². The zero-order valence-corrected chi connectivity index (χ0v) is 10.7. The van der Waals surface area contributed by atoms with Gasteiger partial charge in [0.25, 0.3) is 11.6 Å². The third-order valence-corrected chi connectivity index (χ3v) is 2.66. The van der Waals surface area contributed by atoms with E-state index in [1.807, 2.05) is 0 Å². The molecule has 0 unspecified atom stereocenters. The Hall–Kier alpha value is -3.00. The number of hydrogen-bond acceptors (Lipinski definition) is 5. The molecular formula is C13H11FN4O3. The van der Waals surface area contributed by atoms with Crippen molar-refractivity contribution in [3.63, 3.8) is 0 Å². The number of anilines is 2. The van der Waals surface area contributed by atoms with Gasteiger partial charge in [-0.25, -0.2) is 4.39 Å². The second-order valence-corrected chi connectivity index (χ2v) is 4.13. The van der Waals surface area contributed by atoms with Crippen molar-refractivity contribution in [3.8, 4) is 0 Å². The number of nitrogens with two attached hydrogens (primary N) is 1. The van der Waals surface area contributed by atoms with Crippen molar-refractivity contribution in [2.24, 2.45) is 5.84 Å². The Labute approximate surface area is 118 Å². The fourth-order valence-electron chi connectivity index (χ4n) is 1.67. The Kier molecular flexibility index (Phi) is 4.10. The van der Waals surface area contributed by atoms with E-state index < -0.39 is 22.3 Å². The number of carbonyl (C=O) groups is 1. The van der Waals surface area contributed by atoms with Crippen LogP contribution in [0.2, 0.25) is 0 Å². The topological polar surface area (TPSA) is 110 Å². The molecule has 2 aromatic rings. The largest absolute Gasteiger partial charge is 0.324 e. The first-order valence-corrected chi connectivity index (χ1v) is 5.82. The predicted octanol–water partition coefficient (Wildman–Crippen LogP) is 2.27. The highest BCUT2D eigenvalue weighted by atomic mass is 19.1. The predicted molar refractivity (Wildman–Crippen MR) is 75.3 cm³/mol. The number of nitro groups is 1. The molecule has 8 heteroatoms. The van der Waals surface area contributed by atoms with E-state index in [1.165, 1.54) is 12.1 Å². The molecule has 0 spiro atoms. The maximum absolute atomic E-state index is 13.3. The van der Waals surface area contributed by atoms with Crippen LogP contribution in [0.25, 0.3) is 0 Å². The maximum atomic E-state index is 13.3. The quantitative estimate of drug-likeness (QED) is 0.454. The molecule has 1 amide bonds. The number of carbonyl (C=O) groups excluding carboxylic acids is 1. The molecule has 0 aliphatic heterocycles. The minimum Gasteiger partial charge on any atom is -0.324 e. The lowest BCUT2D eigenvalue weighted by atomic mass is 10.2. The fraction of sp³-hybridized carbons (Fsp3) is 0. The van der Waals surface area contributed by atoms with Crippen molar-refractivity contribution >= 4 is 23.0 Å². The molecule has 0 fully saturated rings. The van der Waals surface area contributed by atoms with Crippen molar-refractivity contribution in [1.29, 1.82) is 0 Å². The summed E-state index contributed by atoms with van der Waals surface area (Å²) in [5.41, 5.74) is 2.91. The van der Waals surface area contributed by atoms with Gasteiger partial charge in [-0.2, -0.15) is 0 Å². The highest BCUT2D eigenvalue weighted by molar-refractivity contribution is 6.04. The summed E-state index contributed by atoms with van der Waals surface area (Å²) in [4.78, 5) is 21.9. The Morgan fingerprint density at radius 3 is 2.38 bits per heavy atom. The van der Waals surface area contributed by atoms with Crippen molar-refractivity contribution in [2.75, 3.05) is 10.7 Å². The number of halogens is 1. The Bertz CT molecular complexity index is 688. The third kappa shape index (κ3) is 3.51. The molecule has 4 N–H and O–H groups in total. The van der Waals surface area contributed by atoms with E-state index >= 15 is 0 Å². The minimum absolute atomic E-state index is 0.00715. The van der Waals surface area contributed by atoms with Crippen LogP contribution in [0.1, 0.15) is 10.4 Å². The Morgan fingerprint density at radius 1 is 1.14 bits per heavy atom. The monoisotopic (exact) mass is 290 g/mol. The maximum Gasteiger partial charge on any atom is 0.274 e. The van der Waals surface area contributed by atoms with E-state index in [9.17, 15) is 19.3 Å². The zero-order chi connectivity index (χ0) is 15.4. The van der Waals surface area contributed by atoms with E-state index in [2.05, 4.69) is 10.7 Å². The van der Waals surface area contributed by atoms with E-state index in [1.54, 1.807) is 12.1 Å². The number of nitro benzene ring substituents is 1. The summed E-state index contributed by atoms with van der Waals surface area (Å²) in [6, 6.07) is 9.05. The zero-order valence-electron chi connectivity index (χ0n) is 10.7. The fourth-order valence-corrected chi connectivity index (χ4v) is 1.67. The molecular weight excluding hydrogens is 279 g/mol. The molecule has 2 aromatic carbocycles. The number of amides is 1. The van der Waals surface area contributed by atoms with Gasteiger partial charge in [0, 0.05) is 17.3 Å². The first kappa shape index (κ1) is 14.4. The van der Waals surface area contributed by atoms with Crippen LogP contribution in [0, 0.1) is 15.9 Å². The van der Waals surface area contributed by atoms with Crippen LogP contribution in [0.5, 0.6) is 0 Å². The van der Waals surface area contributed by atoms with Gasteiger partial charge in [0.1, 0.15) is 5.82 Å². The Balaban J connectivity index is 2.20. The molecule has 0 bridgehead atoms. The first-order valence-electron chi connectivity index (χ1n) is 5.82. The number of nitrogen functional groups attached to an aromatic ring is 1. The van der Waals surface area contributed by atoms with E-state index in [-0.39, 0.29) is 5.69 Å². The van der Waals surface area contributed by atoms with E-state index in [4.69, 9.17) is 5.84 Å². The molecule has 7 nitrogen and oxygen atoms in total. The molecule has 0 atom stereocenters. The van der Waals surface area contributed by atoms with Gasteiger partial charge in [-0.3, -0.25) is 20.8 Å². The molecule has 0 aromatic heterocycles. The van der Waals surface area contributed by atoms with Crippen LogP contribution < -0.4 is 16.6 Å². The van der Waals surface area contributed by atoms with Gasteiger partial charge in [0.15, 0.2) is 0 Å². The summed E-state index contributed by atoms with van der Waals surface area (Å²) in [5.74, 6) is 3.89. The highest BCUT2D eigenvalue weighted by Crippen LogP contribution is 2.20. The van der Waals surface area contributed by atoms with Gasteiger partial charge >= 0.3 is 0 Å². The molecule has 0 heterocycles.